The van der Waals surface area contributed by atoms with Crippen molar-refractivity contribution in [2.45, 2.75) is 0 Å². The Hall–Kier alpha value is -1.97. The van der Waals surface area contributed by atoms with Gasteiger partial charge in [0, 0.05) is 5.56 Å². The van der Waals surface area contributed by atoms with Crippen LogP contribution in [-0.4, -0.2) is 15.2 Å². The molecule has 2 aromatic rings. The van der Waals surface area contributed by atoms with Crippen LogP contribution < -0.4 is 5.73 Å². The Labute approximate surface area is 75.5 Å². The SMILES string of the molecule is Nc1cnc(-c2ccccc2)nn1. The summed E-state index contributed by atoms with van der Waals surface area (Å²) in [6, 6.07) is 9.64. The van der Waals surface area contributed by atoms with Gasteiger partial charge in [-0.25, -0.2) is 4.98 Å². The van der Waals surface area contributed by atoms with E-state index in [0.717, 1.165) is 5.56 Å². The van der Waals surface area contributed by atoms with Gasteiger partial charge in [-0.3, -0.25) is 0 Å². The maximum absolute atomic E-state index is 5.37. The van der Waals surface area contributed by atoms with Gasteiger partial charge in [0.15, 0.2) is 11.6 Å². The average Bonchev–Trinajstić information content (AvgIpc) is 2.20. The Bertz CT molecular complexity index is 382. The van der Waals surface area contributed by atoms with Gasteiger partial charge in [0.05, 0.1) is 6.20 Å². The predicted molar refractivity (Wildman–Crippen MR) is 49.7 cm³/mol. The Balaban J connectivity index is 2.42. The zero-order valence-electron chi connectivity index (χ0n) is 6.88. The standard InChI is InChI=1S/C9H8N4/c10-8-6-11-9(13-12-8)7-4-2-1-3-5-7/h1-6H,(H2,10,12). The summed E-state index contributed by atoms with van der Waals surface area (Å²) in [5.74, 6) is 0.925. The summed E-state index contributed by atoms with van der Waals surface area (Å²) in [6.45, 7) is 0. The fourth-order valence-electron chi connectivity index (χ4n) is 1.00. The van der Waals surface area contributed by atoms with Crippen molar-refractivity contribution in [3.05, 3.63) is 36.5 Å². The highest BCUT2D eigenvalue weighted by atomic mass is 15.2. The fourth-order valence-corrected chi connectivity index (χ4v) is 1.00. The molecule has 4 heteroatoms. The summed E-state index contributed by atoms with van der Waals surface area (Å²) in [5, 5.41) is 7.58. The molecule has 0 saturated heterocycles. The number of nitrogens with zero attached hydrogens (tertiary/aromatic N) is 3. The van der Waals surface area contributed by atoms with E-state index < -0.39 is 0 Å². The van der Waals surface area contributed by atoms with Crippen molar-refractivity contribution in [3.8, 4) is 11.4 Å². The summed E-state index contributed by atoms with van der Waals surface area (Å²) in [6.07, 6.45) is 1.50. The normalized spacial score (nSPS) is 9.85. The third-order valence-corrected chi connectivity index (χ3v) is 1.61. The lowest BCUT2D eigenvalue weighted by Crippen LogP contribution is -1.96. The van der Waals surface area contributed by atoms with Crippen LogP contribution in [0.25, 0.3) is 11.4 Å². The van der Waals surface area contributed by atoms with E-state index in [0.29, 0.717) is 11.6 Å². The first kappa shape index (κ1) is 7.67. The van der Waals surface area contributed by atoms with Crippen molar-refractivity contribution in [3.63, 3.8) is 0 Å². The van der Waals surface area contributed by atoms with Crippen molar-refractivity contribution in [1.82, 2.24) is 15.2 Å². The van der Waals surface area contributed by atoms with Gasteiger partial charge in [-0.1, -0.05) is 30.3 Å². The van der Waals surface area contributed by atoms with E-state index in [-0.39, 0.29) is 0 Å². The van der Waals surface area contributed by atoms with E-state index >= 15 is 0 Å². The third kappa shape index (κ3) is 1.61. The van der Waals surface area contributed by atoms with E-state index in [4.69, 9.17) is 5.73 Å². The first-order valence-corrected chi connectivity index (χ1v) is 3.87. The lowest BCUT2D eigenvalue weighted by atomic mass is 10.2. The van der Waals surface area contributed by atoms with Gasteiger partial charge in [0.1, 0.15) is 0 Å². The molecule has 64 valence electrons. The molecular weight excluding hydrogens is 164 g/mol. The van der Waals surface area contributed by atoms with Gasteiger partial charge in [-0.2, -0.15) is 0 Å². The topological polar surface area (TPSA) is 64.7 Å². The fraction of sp³-hybridized carbons (Fsp3) is 0. The highest BCUT2D eigenvalue weighted by Crippen LogP contribution is 2.11. The molecule has 2 N–H and O–H groups in total. The summed E-state index contributed by atoms with van der Waals surface area (Å²) in [5.41, 5.74) is 6.31. The van der Waals surface area contributed by atoms with Gasteiger partial charge < -0.3 is 5.73 Å². The molecule has 0 amide bonds. The summed E-state index contributed by atoms with van der Waals surface area (Å²) >= 11 is 0. The minimum atomic E-state index is 0.333. The number of nitrogen functional groups attached to an aromatic ring is 1. The zero-order valence-corrected chi connectivity index (χ0v) is 6.88. The molecule has 0 unspecified atom stereocenters. The second-order valence-electron chi connectivity index (χ2n) is 2.57. The first-order chi connectivity index (χ1) is 6.36. The quantitative estimate of drug-likeness (QED) is 0.700. The molecule has 0 spiro atoms. The van der Waals surface area contributed by atoms with Gasteiger partial charge in [0.2, 0.25) is 0 Å². The molecule has 0 bridgehead atoms. The predicted octanol–water partition coefficient (Wildman–Crippen LogP) is 1.12. The molecule has 0 radical (unpaired) electrons. The largest absolute Gasteiger partial charge is 0.381 e. The molecule has 1 aromatic heterocycles. The van der Waals surface area contributed by atoms with Crippen molar-refractivity contribution < 1.29 is 0 Å². The second-order valence-corrected chi connectivity index (χ2v) is 2.57. The van der Waals surface area contributed by atoms with Gasteiger partial charge in [-0.05, 0) is 0 Å². The van der Waals surface area contributed by atoms with Crippen molar-refractivity contribution >= 4 is 5.82 Å². The van der Waals surface area contributed by atoms with Crippen LogP contribution in [0.4, 0.5) is 5.82 Å². The van der Waals surface area contributed by atoms with Crippen molar-refractivity contribution in [1.29, 1.82) is 0 Å². The van der Waals surface area contributed by atoms with E-state index in [2.05, 4.69) is 15.2 Å². The van der Waals surface area contributed by atoms with Gasteiger partial charge >= 0.3 is 0 Å². The molecule has 0 fully saturated rings. The molecule has 0 aliphatic carbocycles. The monoisotopic (exact) mass is 172 g/mol. The summed E-state index contributed by atoms with van der Waals surface area (Å²) in [7, 11) is 0. The average molecular weight is 172 g/mol. The van der Waals surface area contributed by atoms with Crippen molar-refractivity contribution in [2.75, 3.05) is 5.73 Å². The highest BCUT2D eigenvalue weighted by Gasteiger charge is 1.98. The number of hydrogen-bond donors (Lipinski definition) is 1. The van der Waals surface area contributed by atoms with Crippen LogP contribution in [0.2, 0.25) is 0 Å². The Morgan fingerprint density at radius 2 is 1.77 bits per heavy atom. The molecule has 1 aromatic carbocycles. The number of hydrogen-bond acceptors (Lipinski definition) is 4. The van der Waals surface area contributed by atoms with Crippen molar-refractivity contribution in [2.24, 2.45) is 0 Å². The summed E-state index contributed by atoms with van der Waals surface area (Å²) in [4.78, 5) is 4.05. The molecule has 0 aliphatic rings. The van der Waals surface area contributed by atoms with E-state index in [1.54, 1.807) is 0 Å². The van der Waals surface area contributed by atoms with Crippen LogP contribution in [0.1, 0.15) is 0 Å². The molecule has 2 rings (SSSR count). The summed E-state index contributed by atoms with van der Waals surface area (Å²) < 4.78 is 0. The van der Waals surface area contributed by atoms with E-state index in [1.807, 2.05) is 30.3 Å². The molecule has 1 heterocycles. The molecule has 0 saturated carbocycles. The van der Waals surface area contributed by atoms with Crippen LogP contribution >= 0.6 is 0 Å². The maximum Gasteiger partial charge on any atom is 0.181 e. The Morgan fingerprint density at radius 1 is 1.00 bits per heavy atom. The molecule has 0 atom stereocenters. The zero-order chi connectivity index (χ0) is 9.10. The van der Waals surface area contributed by atoms with Gasteiger partial charge in [-0.15, -0.1) is 10.2 Å². The second kappa shape index (κ2) is 3.18. The van der Waals surface area contributed by atoms with Crippen LogP contribution in [-0.2, 0) is 0 Å². The van der Waals surface area contributed by atoms with Crippen LogP contribution in [0.3, 0.4) is 0 Å². The van der Waals surface area contributed by atoms with E-state index in [1.165, 1.54) is 6.20 Å². The van der Waals surface area contributed by atoms with Crippen LogP contribution in [0.15, 0.2) is 36.5 Å². The lowest BCUT2D eigenvalue weighted by Gasteiger charge is -1.97. The molecule has 0 aliphatic heterocycles. The minimum absolute atomic E-state index is 0.333. The molecular formula is C9H8N4. The smallest absolute Gasteiger partial charge is 0.181 e. The minimum Gasteiger partial charge on any atom is -0.381 e. The number of rotatable bonds is 1. The Morgan fingerprint density at radius 3 is 2.38 bits per heavy atom. The first-order valence-electron chi connectivity index (χ1n) is 3.87. The van der Waals surface area contributed by atoms with E-state index in [9.17, 15) is 0 Å². The number of nitrogens with two attached hydrogens (primary N) is 1. The molecule has 4 nitrogen and oxygen atoms in total. The molecule has 13 heavy (non-hydrogen) atoms. The number of aromatic nitrogens is 3. The van der Waals surface area contributed by atoms with Crippen LogP contribution in [0, 0.1) is 0 Å². The number of benzene rings is 1. The number of anilines is 1. The lowest BCUT2D eigenvalue weighted by molar-refractivity contribution is 0.991. The van der Waals surface area contributed by atoms with Gasteiger partial charge in [0.25, 0.3) is 0 Å². The maximum atomic E-state index is 5.37. The third-order valence-electron chi connectivity index (χ3n) is 1.61. The Kier molecular flexibility index (Phi) is 1.88. The van der Waals surface area contributed by atoms with Crippen LogP contribution in [0.5, 0.6) is 0 Å². The highest BCUT2D eigenvalue weighted by molar-refractivity contribution is 5.53.